The molecular weight excluding hydrogens is 453 g/mol. The second kappa shape index (κ2) is 10.5. The van der Waals surface area contributed by atoms with Crippen molar-refractivity contribution in [3.63, 3.8) is 0 Å². The van der Waals surface area contributed by atoms with E-state index in [1.165, 1.54) is 18.2 Å². The molecule has 2 atom stereocenters. The van der Waals surface area contributed by atoms with Gasteiger partial charge in [-0.15, -0.1) is 0 Å². The van der Waals surface area contributed by atoms with Crippen LogP contribution >= 0.6 is 0 Å². The van der Waals surface area contributed by atoms with Gasteiger partial charge < -0.3 is 4.90 Å². The number of carbonyl (C=O) groups excluding carboxylic acids is 1. The Kier molecular flexibility index (Phi) is 7.70. The van der Waals surface area contributed by atoms with Crippen LogP contribution in [0.4, 0.5) is 4.39 Å². The van der Waals surface area contributed by atoms with Crippen LogP contribution in [0.3, 0.4) is 0 Å². The molecule has 2 fully saturated rings. The summed E-state index contributed by atoms with van der Waals surface area (Å²) in [7, 11) is -3.64. The second-order valence-electron chi connectivity index (χ2n) is 9.84. The van der Waals surface area contributed by atoms with E-state index in [0.717, 1.165) is 24.9 Å². The molecule has 2 aromatic rings. The third-order valence-corrected chi connectivity index (χ3v) is 8.58. The Labute approximate surface area is 202 Å². The maximum atomic E-state index is 13.3. The molecule has 1 amide bonds. The largest absolute Gasteiger partial charge is 0.337 e. The highest BCUT2D eigenvalue weighted by atomic mass is 32.2. The topological polar surface area (TPSA) is 60.9 Å². The Morgan fingerprint density at radius 3 is 2.38 bits per heavy atom. The van der Waals surface area contributed by atoms with Crippen LogP contribution in [0.25, 0.3) is 0 Å². The predicted molar refractivity (Wildman–Crippen MR) is 130 cm³/mol. The molecule has 6 nitrogen and oxygen atoms in total. The standard InChI is InChI=1S/C26H34FN3O3S/c1-20-15-21(2)18-30(17-20)34(32,33)25-6-3-5-23(16-25)26(31)29-12-4-11-28(13-14-29)19-22-7-9-24(27)10-8-22/h3,5-10,16,20-21H,4,11-15,17-19H2,1-2H3. The van der Waals surface area contributed by atoms with Crippen LogP contribution in [0.2, 0.25) is 0 Å². The number of rotatable bonds is 5. The highest BCUT2D eigenvalue weighted by Gasteiger charge is 2.32. The van der Waals surface area contributed by atoms with E-state index in [4.69, 9.17) is 0 Å². The van der Waals surface area contributed by atoms with Crippen LogP contribution < -0.4 is 0 Å². The van der Waals surface area contributed by atoms with Crippen molar-refractivity contribution in [2.24, 2.45) is 11.8 Å². The zero-order valence-corrected chi connectivity index (χ0v) is 20.8. The third kappa shape index (κ3) is 5.85. The number of hydrogen-bond donors (Lipinski definition) is 0. The minimum Gasteiger partial charge on any atom is -0.337 e. The lowest BCUT2D eigenvalue weighted by atomic mass is 9.94. The molecule has 34 heavy (non-hydrogen) atoms. The van der Waals surface area contributed by atoms with E-state index in [1.54, 1.807) is 39.5 Å². The lowest BCUT2D eigenvalue weighted by molar-refractivity contribution is 0.0761. The summed E-state index contributed by atoms with van der Waals surface area (Å²) in [5.41, 5.74) is 1.45. The third-order valence-electron chi connectivity index (χ3n) is 6.75. The zero-order valence-electron chi connectivity index (χ0n) is 20.0. The number of benzene rings is 2. The molecular formula is C26H34FN3O3S. The van der Waals surface area contributed by atoms with Gasteiger partial charge in [0, 0.05) is 51.4 Å². The molecule has 2 saturated heterocycles. The Morgan fingerprint density at radius 1 is 0.971 bits per heavy atom. The molecule has 0 radical (unpaired) electrons. The van der Waals surface area contributed by atoms with Crippen LogP contribution in [0.1, 0.15) is 42.6 Å². The molecule has 0 spiro atoms. The van der Waals surface area contributed by atoms with E-state index < -0.39 is 10.0 Å². The van der Waals surface area contributed by atoms with E-state index >= 15 is 0 Å². The Hall–Kier alpha value is -2.29. The Balaban J connectivity index is 1.43. The molecule has 0 aromatic heterocycles. The molecule has 0 N–H and O–H groups in total. The molecule has 4 rings (SSSR count). The van der Waals surface area contributed by atoms with Crippen LogP contribution in [-0.4, -0.2) is 67.7 Å². The first-order valence-corrected chi connectivity index (χ1v) is 13.5. The first kappa shape index (κ1) is 24.8. The van der Waals surface area contributed by atoms with Gasteiger partial charge in [0.1, 0.15) is 5.82 Å². The fourth-order valence-electron chi connectivity index (χ4n) is 5.10. The SMILES string of the molecule is CC1CC(C)CN(S(=O)(=O)c2cccc(C(=O)N3CCCN(Cc4ccc(F)cc4)CC3)c2)C1. The maximum absolute atomic E-state index is 13.3. The van der Waals surface area contributed by atoms with Crippen LogP contribution in [0, 0.1) is 17.7 Å². The van der Waals surface area contributed by atoms with Gasteiger partial charge in [-0.2, -0.15) is 4.31 Å². The van der Waals surface area contributed by atoms with Gasteiger partial charge in [-0.3, -0.25) is 9.69 Å². The fourth-order valence-corrected chi connectivity index (χ4v) is 6.83. The summed E-state index contributed by atoms with van der Waals surface area (Å²) in [4.78, 5) is 17.5. The molecule has 2 heterocycles. The molecule has 8 heteroatoms. The monoisotopic (exact) mass is 487 g/mol. The quantitative estimate of drug-likeness (QED) is 0.643. The van der Waals surface area contributed by atoms with Crippen molar-refractivity contribution in [1.29, 1.82) is 0 Å². The van der Waals surface area contributed by atoms with Gasteiger partial charge in [-0.05, 0) is 60.6 Å². The van der Waals surface area contributed by atoms with Gasteiger partial charge in [-0.1, -0.05) is 32.0 Å². The molecule has 0 bridgehead atoms. The van der Waals surface area contributed by atoms with Gasteiger partial charge in [0.2, 0.25) is 10.0 Å². The van der Waals surface area contributed by atoms with E-state index in [2.05, 4.69) is 18.7 Å². The van der Waals surface area contributed by atoms with Gasteiger partial charge in [0.25, 0.3) is 5.91 Å². The number of piperidine rings is 1. The van der Waals surface area contributed by atoms with Crippen molar-refractivity contribution in [3.05, 3.63) is 65.5 Å². The Bertz CT molecular complexity index is 1100. The van der Waals surface area contributed by atoms with Crippen molar-refractivity contribution >= 4 is 15.9 Å². The molecule has 2 aromatic carbocycles. The number of sulfonamides is 1. The maximum Gasteiger partial charge on any atom is 0.253 e. The zero-order chi connectivity index (χ0) is 24.3. The summed E-state index contributed by atoms with van der Waals surface area (Å²) < 4.78 is 41.3. The van der Waals surface area contributed by atoms with Crippen LogP contribution in [0.5, 0.6) is 0 Å². The number of halogens is 1. The minimum atomic E-state index is -3.64. The molecule has 2 unspecified atom stereocenters. The first-order valence-electron chi connectivity index (χ1n) is 12.1. The average Bonchev–Trinajstić information content (AvgIpc) is 3.05. The summed E-state index contributed by atoms with van der Waals surface area (Å²) in [5, 5.41) is 0. The van der Waals surface area contributed by atoms with E-state index in [0.29, 0.717) is 56.7 Å². The minimum absolute atomic E-state index is 0.138. The number of amides is 1. The van der Waals surface area contributed by atoms with Gasteiger partial charge in [-0.25, -0.2) is 12.8 Å². The summed E-state index contributed by atoms with van der Waals surface area (Å²) in [6.07, 6.45) is 1.85. The predicted octanol–water partition coefficient (Wildman–Crippen LogP) is 3.84. The number of carbonyl (C=O) groups is 1. The highest BCUT2D eigenvalue weighted by Crippen LogP contribution is 2.27. The fraction of sp³-hybridized carbons (Fsp3) is 0.500. The smallest absolute Gasteiger partial charge is 0.253 e. The van der Waals surface area contributed by atoms with E-state index in [1.807, 2.05) is 0 Å². The van der Waals surface area contributed by atoms with E-state index in [9.17, 15) is 17.6 Å². The van der Waals surface area contributed by atoms with Gasteiger partial charge >= 0.3 is 0 Å². The molecule has 0 aliphatic carbocycles. The van der Waals surface area contributed by atoms with Crippen LogP contribution in [0.15, 0.2) is 53.4 Å². The molecule has 0 saturated carbocycles. The first-order chi connectivity index (χ1) is 16.2. The summed E-state index contributed by atoms with van der Waals surface area (Å²) in [6.45, 7) is 8.65. The number of hydrogen-bond acceptors (Lipinski definition) is 4. The highest BCUT2D eigenvalue weighted by molar-refractivity contribution is 7.89. The average molecular weight is 488 g/mol. The normalized spacial score (nSPS) is 23.0. The van der Waals surface area contributed by atoms with Crippen LogP contribution in [-0.2, 0) is 16.6 Å². The van der Waals surface area contributed by atoms with Gasteiger partial charge in [0.05, 0.1) is 4.90 Å². The lowest BCUT2D eigenvalue weighted by Crippen LogP contribution is -2.42. The molecule has 2 aliphatic heterocycles. The summed E-state index contributed by atoms with van der Waals surface area (Å²) >= 11 is 0. The Morgan fingerprint density at radius 2 is 1.68 bits per heavy atom. The second-order valence-corrected chi connectivity index (χ2v) is 11.8. The van der Waals surface area contributed by atoms with Crippen molar-refractivity contribution in [1.82, 2.24) is 14.1 Å². The summed E-state index contributed by atoms with van der Waals surface area (Å²) in [5.74, 6) is 0.252. The van der Waals surface area contributed by atoms with E-state index in [-0.39, 0.29) is 16.6 Å². The van der Waals surface area contributed by atoms with Crippen molar-refractivity contribution in [2.75, 3.05) is 39.3 Å². The van der Waals surface area contributed by atoms with Crippen molar-refractivity contribution in [3.8, 4) is 0 Å². The van der Waals surface area contributed by atoms with Crippen molar-refractivity contribution < 1.29 is 17.6 Å². The summed E-state index contributed by atoms with van der Waals surface area (Å²) in [6, 6.07) is 13.0. The lowest BCUT2D eigenvalue weighted by Gasteiger charge is -2.34. The number of nitrogens with zero attached hydrogens (tertiary/aromatic N) is 3. The molecule has 2 aliphatic rings. The van der Waals surface area contributed by atoms with Gasteiger partial charge in [0.15, 0.2) is 0 Å². The molecule has 184 valence electrons. The van der Waals surface area contributed by atoms with Crippen molar-refractivity contribution in [2.45, 2.75) is 38.1 Å².